The number of carbonyl (C=O) groups excluding carboxylic acids is 2. The molecule has 0 aliphatic heterocycles. The number of methoxy groups -OCH3 is 1. The molecule has 2 N–H and O–H groups in total. The third-order valence-electron chi connectivity index (χ3n) is 3.00. The number of hydrogen-bond acceptors (Lipinski definition) is 6. The first-order valence-corrected chi connectivity index (χ1v) is 7.97. The molecule has 24 heavy (non-hydrogen) atoms. The zero-order valence-electron chi connectivity index (χ0n) is 13.0. The number of phenols is 1. The van der Waals surface area contributed by atoms with Gasteiger partial charge in [0.15, 0.2) is 18.1 Å². The Balaban J connectivity index is 1.77. The first kappa shape index (κ1) is 17.6. The largest absolute Gasteiger partial charge is 0.504 e. The highest BCUT2D eigenvalue weighted by Gasteiger charge is 2.06. The number of hydrogen-bond donors (Lipinski definition) is 2. The van der Waals surface area contributed by atoms with Crippen LogP contribution < -0.4 is 10.1 Å². The van der Waals surface area contributed by atoms with Gasteiger partial charge in [-0.1, -0.05) is 12.1 Å². The van der Waals surface area contributed by atoms with Crippen molar-refractivity contribution in [2.75, 3.05) is 13.7 Å². The van der Waals surface area contributed by atoms with Gasteiger partial charge in [-0.2, -0.15) is 0 Å². The van der Waals surface area contributed by atoms with Gasteiger partial charge >= 0.3 is 5.97 Å². The minimum atomic E-state index is -0.631. The predicted molar refractivity (Wildman–Crippen MR) is 90.8 cm³/mol. The van der Waals surface area contributed by atoms with E-state index in [9.17, 15) is 14.7 Å². The van der Waals surface area contributed by atoms with Crippen LogP contribution in [0.4, 0.5) is 0 Å². The van der Waals surface area contributed by atoms with Gasteiger partial charge in [0.1, 0.15) is 0 Å². The van der Waals surface area contributed by atoms with E-state index in [1.54, 1.807) is 12.1 Å². The van der Waals surface area contributed by atoms with Gasteiger partial charge in [-0.05, 0) is 35.2 Å². The van der Waals surface area contributed by atoms with Crippen molar-refractivity contribution in [3.05, 3.63) is 52.2 Å². The second-order valence-electron chi connectivity index (χ2n) is 4.73. The first-order valence-electron chi connectivity index (χ1n) is 7.09. The van der Waals surface area contributed by atoms with Crippen LogP contribution in [0.3, 0.4) is 0 Å². The summed E-state index contributed by atoms with van der Waals surface area (Å²) >= 11 is 1.54. The van der Waals surface area contributed by atoms with Crippen LogP contribution in [0.15, 0.2) is 41.8 Å². The number of nitrogens with one attached hydrogen (secondary N) is 1. The summed E-state index contributed by atoms with van der Waals surface area (Å²) in [5, 5.41) is 14.1. The lowest BCUT2D eigenvalue weighted by atomic mass is 10.2. The summed E-state index contributed by atoms with van der Waals surface area (Å²) in [6, 6.07) is 8.46. The van der Waals surface area contributed by atoms with Crippen LogP contribution in [0.2, 0.25) is 0 Å². The van der Waals surface area contributed by atoms with Gasteiger partial charge in [0.2, 0.25) is 0 Å². The van der Waals surface area contributed by atoms with Gasteiger partial charge in [-0.15, -0.1) is 11.3 Å². The summed E-state index contributed by atoms with van der Waals surface area (Å²) in [4.78, 5) is 24.2. The van der Waals surface area contributed by atoms with Crippen molar-refractivity contribution in [2.45, 2.75) is 6.54 Å². The van der Waals surface area contributed by atoms with E-state index in [0.717, 1.165) is 4.88 Å². The molecule has 7 heteroatoms. The van der Waals surface area contributed by atoms with Crippen LogP contribution in [-0.4, -0.2) is 30.7 Å². The number of amides is 1. The average Bonchev–Trinajstić information content (AvgIpc) is 3.11. The van der Waals surface area contributed by atoms with E-state index in [-0.39, 0.29) is 18.3 Å². The van der Waals surface area contributed by atoms with E-state index in [4.69, 9.17) is 9.47 Å². The number of benzene rings is 1. The van der Waals surface area contributed by atoms with Crippen LogP contribution in [0.25, 0.3) is 6.08 Å². The number of aromatic hydroxyl groups is 1. The summed E-state index contributed by atoms with van der Waals surface area (Å²) in [6.45, 7) is 0.0740. The standard InChI is InChI=1S/C17H17NO5S/c1-22-15-9-12(4-6-14(15)19)5-7-17(21)23-11-16(20)18-10-13-3-2-8-24-13/h2-9,19H,10-11H2,1H3,(H,18,20)/b7-5+. The molecule has 0 aliphatic carbocycles. The lowest BCUT2D eigenvalue weighted by molar-refractivity contribution is -0.143. The molecule has 2 rings (SSSR count). The molecule has 0 saturated heterocycles. The predicted octanol–water partition coefficient (Wildman–Crippen LogP) is 2.34. The van der Waals surface area contributed by atoms with Crippen molar-refractivity contribution in [1.29, 1.82) is 0 Å². The molecule has 1 heterocycles. The topological polar surface area (TPSA) is 84.9 Å². The van der Waals surface area contributed by atoms with E-state index in [2.05, 4.69) is 5.32 Å². The normalized spacial score (nSPS) is 10.5. The van der Waals surface area contributed by atoms with Gasteiger partial charge in [-0.3, -0.25) is 4.79 Å². The lowest BCUT2D eigenvalue weighted by Gasteiger charge is -2.04. The minimum absolute atomic E-state index is 0.0136. The number of esters is 1. The van der Waals surface area contributed by atoms with Crippen molar-refractivity contribution in [1.82, 2.24) is 5.32 Å². The molecule has 0 spiro atoms. The van der Waals surface area contributed by atoms with E-state index in [1.807, 2.05) is 17.5 Å². The molecular weight excluding hydrogens is 330 g/mol. The Morgan fingerprint density at radius 1 is 1.33 bits per heavy atom. The van der Waals surface area contributed by atoms with Gasteiger partial charge in [-0.25, -0.2) is 4.79 Å². The zero-order valence-corrected chi connectivity index (χ0v) is 13.8. The zero-order chi connectivity index (χ0) is 17.4. The van der Waals surface area contributed by atoms with Gasteiger partial charge in [0, 0.05) is 11.0 Å². The summed E-state index contributed by atoms with van der Waals surface area (Å²) in [5.74, 6) is -0.678. The molecule has 0 atom stereocenters. The molecule has 0 unspecified atom stereocenters. The molecule has 0 aliphatic rings. The Kier molecular flexibility index (Phi) is 6.39. The Hall–Kier alpha value is -2.80. The molecular formula is C17H17NO5S. The number of rotatable bonds is 7. The third kappa shape index (κ3) is 5.44. The van der Waals surface area contributed by atoms with Crippen molar-refractivity contribution in [2.24, 2.45) is 0 Å². The van der Waals surface area contributed by atoms with E-state index in [0.29, 0.717) is 17.9 Å². The second kappa shape index (κ2) is 8.73. The highest BCUT2D eigenvalue weighted by atomic mass is 32.1. The molecule has 1 aromatic heterocycles. The van der Waals surface area contributed by atoms with Crippen LogP contribution in [0.5, 0.6) is 11.5 Å². The van der Waals surface area contributed by atoms with Crippen molar-refractivity contribution in [3.63, 3.8) is 0 Å². The second-order valence-corrected chi connectivity index (χ2v) is 5.76. The number of thiophene rings is 1. The minimum Gasteiger partial charge on any atom is -0.504 e. The maximum absolute atomic E-state index is 11.6. The fraction of sp³-hybridized carbons (Fsp3) is 0.176. The molecule has 1 aromatic carbocycles. The van der Waals surface area contributed by atoms with Gasteiger partial charge in [0.25, 0.3) is 5.91 Å². The average molecular weight is 347 g/mol. The van der Waals surface area contributed by atoms with Crippen molar-refractivity contribution >= 4 is 29.3 Å². The Labute approximate surface area is 143 Å². The molecule has 0 bridgehead atoms. The van der Waals surface area contributed by atoms with Crippen molar-refractivity contribution < 1.29 is 24.2 Å². The van der Waals surface area contributed by atoms with Gasteiger partial charge in [0.05, 0.1) is 13.7 Å². The molecule has 1 amide bonds. The molecule has 0 radical (unpaired) electrons. The Morgan fingerprint density at radius 2 is 2.17 bits per heavy atom. The summed E-state index contributed by atoms with van der Waals surface area (Å²) in [7, 11) is 1.44. The highest BCUT2D eigenvalue weighted by Crippen LogP contribution is 2.26. The number of ether oxygens (including phenoxy) is 2. The SMILES string of the molecule is COc1cc(/C=C/C(=O)OCC(=O)NCc2cccs2)ccc1O. The lowest BCUT2D eigenvalue weighted by Crippen LogP contribution is -2.27. The Morgan fingerprint density at radius 3 is 2.88 bits per heavy atom. The molecule has 0 saturated carbocycles. The fourth-order valence-electron chi connectivity index (χ4n) is 1.80. The maximum atomic E-state index is 11.6. The maximum Gasteiger partial charge on any atom is 0.331 e. The Bertz CT molecular complexity index is 725. The van der Waals surface area contributed by atoms with Crippen molar-refractivity contribution in [3.8, 4) is 11.5 Å². The first-order chi connectivity index (χ1) is 11.6. The number of carbonyl (C=O) groups is 2. The summed E-state index contributed by atoms with van der Waals surface area (Å²) in [6.07, 6.45) is 2.71. The van der Waals surface area contributed by atoms with Gasteiger partial charge < -0.3 is 19.9 Å². The highest BCUT2D eigenvalue weighted by molar-refractivity contribution is 7.09. The molecule has 0 fully saturated rings. The molecule has 126 valence electrons. The number of phenolic OH excluding ortho intramolecular Hbond substituents is 1. The van der Waals surface area contributed by atoms with E-state index >= 15 is 0 Å². The monoisotopic (exact) mass is 347 g/mol. The quantitative estimate of drug-likeness (QED) is 0.593. The van der Waals surface area contributed by atoms with E-state index < -0.39 is 5.97 Å². The van der Waals surface area contributed by atoms with Crippen LogP contribution >= 0.6 is 11.3 Å². The smallest absolute Gasteiger partial charge is 0.331 e. The summed E-state index contributed by atoms with van der Waals surface area (Å²) in [5.41, 5.74) is 0.656. The van der Waals surface area contributed by atoms with E-state index in [1.165, 1.54) is 36.7 Å². The van der Waals surface area contributed by atoms with Crippen LogP contribution in [0.1, 0.15) is 10.4 Å². The van der Waals surface area contributed by atoms with Crippen LogP contribution in [-0.2, 0) is 20.9 Å². The molecule has 2 aromatic rings. The van der Waals surface area contributed by atoms with Crippen LogP contribution in [0, 0.1) is 0 Å². The third-order valence-corrected chi connectivity index (χ3v) is 3.88. The fourth-order valence-corrected chi connectivity index (χ4v) is 2.44. The summed E-state index contributed by atoms with van der Waals surface area (Å²) < 4.78 is 9.84. The molecule has 6 nitrogen and oxygen atoms in total.